The van der Waals surface area contributed by atoms with Crippen LogP contribution in [0.4, 0.5) is 5.69 Å². The fourth-order valence-corrected chi connectivity index (χ4v) is 3.17. The minimum atomic E-state index is -0.336. The number of rotatable bonds is 9. The Balaban J connectivity index is 1.34. The molecule has 0 bridgehead atoms. The molecular weight excluding hydrogens is 390 g/mol. The van der Waals surface area contributed by atoms with Gasteiger partial charge in [-0.1, -0.05) is 54.6 Å². The van der Waals surface area contributed by atoms with Crippen molar-refractivity contribution in [3.8, 4) is 5.75 Å². The van der Waals surface area contributed by atoms with Gasteiger partial charge in [-0.2, -0.15) is 5.10 Å². The standard InChI is InChI=1S/C25H23N3O3/c1-2-8-20-11-6-7-12-23(20)30-18-22-13-14-24(31-22)25(29)27-21-15-26-28(17-21)16-19-9-4-3-5-10-19/h2-7,9-15,17H,1,8,16,18H2,(H,27,29). The molecule has 1 amide bonds. The fourth-order valence-electron chi connectivity index (χ4n) is 3.17. The number of furan rings is 1. The number of ether oxygens (including phenoxy) is 1. The second kappa shape index (κ2) is 9.63. The molecule has 0 aliphatic heterocycles. The van der Waals surface area contributed by atoms with Crippen LogP contribution in [0.3, 0.4) is 0 Å². The monoisotopic (exact) mass is 413 g/mol. The van der Waals surface area contributed by atoms with Crippen molar-refractivity contribution in [1.29, 1.82) is 0 Å². The molecular formula is C25H23N3O3. The summed E-state index contributed by atoms with van der Waals surface area (Å²) in [5, 5.41) is 7.10. The van der Waals surface area contributed by atoms with Crippen molar-refractivity contribution in [3.63, 3.8) is 0 Å². The van der Waals surface area contributed by atoms with Crippen LogP contribution in [0.15, 0.2) is 96.2 Å². The van der Waals surface area contributed by atoms with Gasteiger partial charge in [-0.05, 0) is 35.7 Å². The minimum absolute atomic E-state index is 0.216. The van der Waals surface area contributed by atoms with Crippen LogP contribution in [0.5, 0.6) is 5.75 Å². The molecule has 0 radical (unpaired) electrons. The van der Waals surface area contributed by atoms with Crippen molar-refractivity contribution in [1.82, 2.24) is 9.78 Å². The highest BCUT2D eigenvalue weighted by Crippen LogP contribution is 2.21. The third kappa shape index (κ3) is 5.30. The van der Waals surface area contributed by atoms with Crippen LogP contribution in [0.25, 0.3) is 0 Å². The van der Waals surface area contributed by atoms with Gasteiger partial charge in [-0.25, -0.2) is 0 Å². The van der Waals surface area contributed by atoms with Crippen molar-refractivity contribution >= 4 is 11.6 Å². The summed E-state index contributed by atoms with van der Waals surface area (Å²) in [6.07, 6.45) is 5.96. The molecule has 0 saturated heterocycles. The van der Waals surface area contributed by atoms with Crippen LogP contribution >= 0.6 is 0 Å². The first kappa shape index (κ1) is 20.2. The Morgan fingerprint density at radius 1 is 1.10 bits per heavy atom. The first-order valence-corrected chi connectivity index (χ1v) is 9.99. The number of amides is 1. The van der Waals surface area contributed by atoms with E-state index in [9.17, 15) is 4.79 Å². The van der Waals surface area contributed by atoms with Gasteiger partial charge in [0.1, 0.15) is 18.1 Å². The van der Waals surface area contributed by atoms with Gasteiger partial charge in [0.05, 0.1) is 18.4 Å². The molecule has 0 aliphatic rings. The largest absolute Gasteiger partial charge is 0.485 e. The Kier molecular flexibility index (Phi) is 6.28. The van der Waals surface area contributed by atoms with Crippen molar-refractivity contribution in [2.45, 2.75) is 19.6 Å². The van der Waals surface area contributed by atoms with Crippen LogP contribution in [0.2, 0.25) is 0 Å². The Hall–Kier alpha value is -4.06. The van der Waals surface area contributed by atoms with Crippen molar-refractivity contribution < 1.29 is 13.9 Å². The number of benzene rings is 2. The molecule has 0 atom stereocenters. The molecule has 6 nitrogen and oxygen atoms in total. The number of aromatic nitrogens is 2. The Bertz CT molecular complexity index is 1160. The summed E-state index contributed by atoms with van der Waals surface area (Å²) in [6.45, 7) is 4.63. The van der Waals surface area contributed by atoms with Gasteiger partial charge in [-0.15, -0.1) is 6.58 Å². The molecule has 6 heteroatoms. The molecule has 0 spiro atoms. The van der Waals surface area contributed by atoms with Crippen molar-refractivity contribution in [3.05, 3.63) is 114 Å². The van der Waals surface area contributed by atoms with E-state index in [1.165, 1.54) is 0 Å². The van der Waals surface area contributed by atoms with Gasteiger partial charge in [-0.3, -0.25) is 9.48 Å². The lowest BCUT2D eigenvalue weighted by molar-refractivity contribution is 0.0992. The number of carbonyl (C=O) groups is 1. The highest BCUT2D eigenvalue weighted by molar-refractivity contribution is 6.02. The SMILES string of the molecule is C=CCc1ccccc1OCc1ccc(C(=O)Nc2cnn(Cc3ccccc3)c2)o1. The molecule has 1 N–H and O–H groups in total. The molecule has 2 heterocycles. The maximum absolute atomic E-state index is 12.5. The second-order valence-corrected chi connectivity index (χ2v) is 7.02. The summed E-state index contributed by atoms with van der Waals surface area (Å²) in [6, 6.07) is 21.2. The van der Waals surface area contributed by atoms with E-state index in [-0.39, 0.29) is 18.3 Å². The summed E-state index contributed by atoms with van der Waals surface area (Å²) in [4.78, 5) is 12.5. The summed E-state index contributed by atoms with van der Waals surface area (Å²) in [7, 11) is 0. The second-order valence-electron chi connectivity index (χ2n) is 7.02. The third-order valence-corrected chi connectivity index (χ3v) is 4.67. The molecule has 4 aromatic rings. The third-order valence-electron chi connectivity index (χ3n) is 4.67. The summed E-state index contributed by atoms with van der Waals surface area (Å²) < 4.78 is 13.3. The van der Waals surface area contributed by atoms with Crippen LogP contribution in [-0.4, -0.2) is 15.7 Å². The van der Waals surface area contributed by atoms with Crippen LogP contribution in [0, 0.1) is 0 Å². The topological polar surface area (TPSA) is 69.3 Å². The molecule has 0 fully saturated rings. The first-order valence-electron chi connectivity index (χ1n) is 9.99. The van der Waals surface area contributed by atoms with Crippen LogP contribution < -0.4 is 10.1 Å². The van der Waals surface area contributed by atoms with Gasteiger partial charge >= 0.3 is 0 Å². The zero-order chi connectivity index (χ0) is 21.5. The Morgan fingerprint density at radius 2 is 1.90 bits per heavy atom. The molecule has 0 aliphatic carbocycles. The predicted molar refractivity (Wildman–Crippen MR) is 119 cm³/mol. The van der Waals surface area contributed by atoms with Gasteiger partial charge in [0.15, 0.2) is 5.76 Å². The lowest BCUT2D eigenvalue weighted by atomic mass is 10.1. The number of para-hydroxylation sites is 1. The van der Waals surface area contributed by atoms with E-state index >= 15 is 0 Å². The van der Waals surface area contributed by atoms with Gasteiger partial charge in [0, 0.05) is 6.20 Å². The van der Waals surface area contributed by atoms with E-state index in [2.05, 4.69) is 17.0 Å². The molecule has 0 unspecified atom stereocenters. The predicted octanol–water partition coefficient (Wildman–Crippen LogP) is 5.08. The maximum atomic E-state index is 12.5. The maximum Gasteiger partial charge on any atom is 0.291 e. The summed E-state index contributed by atoms with van der Waals surface area (Å²) in [5.41, 5.74) is 2.79. The molecule has 156 valence electrons. The zero-order valence-corrected chi connectivity index (χ0v) is 17.0. The average molecular weight is 413 g/mol. The first-order chi connectivity index (χ1) is 15.2. The fraction of sp³-hybridized carbons (Fsp3) is 0.120. The minimum Gasteiger partial charge on any atom is -0.485 e. The highest BCUT2D eigenvalue weighted by Gasteiger charge is 2.13. The van der Waals surface area contributed by atoms with Crippen LogP contribution in [0.1, 0.15) is 27.4 Å². The molecule has 4 rings (SSSR count). The van der Waals surface area contributed by atoms with E-state index in [0.717, 1.165) is 23.3 Å². The van der Waals surface area contributed by atoms with E-state index in [1.807, 2.05) is 60.7 Å². The van der Waals surface area contributed by atoms with Gasteiger partial charge < -0.3 is 14.5 Å². The molecule has 0 saturated carbocycles. The quantitative estimate of drug-likeness (QED) is 0.388. The molecule has 2 aromatic heterocycles. The van der Waals surface area contributed by atoms with Gasteiger partial charge in [0.25, 0.3) is 5.91 Å². The lowest BCUT2D eigenvalue weighted by Gasteiger charge is -2.08. The van der Waals surface area contributed by atoms with E-state index in [4.69, 9.17) is 9.15 Å². The summed E-state index contributed by atoms with van der Waals surface area (Å²) in [5.74, 6) is 1.22. The number of allylic oxidation sites excluding steroid dienone is 1. The van der Waals surface area contributed by atoms with E-state index < -0.39 is 0 Å². The highest BCUT2D eigenvalue weighted by atomic mass is 16.5. The number of hydrogen-bond donors (Lipinski definition) is 1. The van der Waals surface area contributed by atoms with Gasteiger partial charge in [0.2, 0.25) is 0 Å². The Labute approximate surface area is 180 Å². The van der Waals surface area contributed by atoms with Crippen LogP contribution in [-0.2, 0) is 19.6 Å². The number of nitrogens with zero attached hydrogens (tertiary/aromatic N) is 2. The van der Waals surface area contributed by atoms with E-state index in [0.29, 0.717) is 18.0 Å². The van der Waals surface area contributed by atoms with E-state index in [1.54, 1.807) is 29.2 Å². The average Bonchev–Trinajstić information content (AvgIpc) is 3.44. The Morgan fingerprint density at radius 3 is 2.74 bits per heavy atom. The normalized spacial score (nSPS) is 10.6. The number of anilines is 1. The summed E-state index contributed by atoms with van der Waals surface area (Å²) >= 11 is 0. The smallest absolute Gasteiger partial charge is 0.291 e. The zero-order valence-electron chi connectivity index (χ0n) is 17.0. The molecule has 2 aromatic carbocycles. The number of nitrogens with one attached hydrogen (secondary N) is 1. The van der Waals surface area contributed by atoms with Crippen molar-refractivity contribution in [2.24, 2.45) is 0 Å². The molecule has 31 heavy (non-hydrogen) atoms. The number of hydrogen-bond acceptors (Lipinski definition) is 4. The number of carbonyl (C=O) groups excluding carboxylic acids is 1. The van der Waals surface area contributed by atoms with Crippen molar-refractivity contribution in [2.75, 3.05) is 5.32 Å². The lowest BCUT2D eigenvalue weighted by Crippen LogP contribution is -2.10.